The zero-order valence-electron chi connectivity index (χ0n) is 20.0. The van der Waals surface area contributed by atoms with E-state index in [0.29, 0.717) is 38.9 Å². The molecule has 2 aromatic heterocycles. The summed E-state index contributed by atoms with van der Waals surface area (Å²) in [5, 5.41) is 18.0. The van der Waals surface area contributed by atoms with Crippen LogP contribution in [0, 0.1) is 11.2 Å². The van der Waals surface area contributed by atoms with E-state index in [9.17, 15) is 17.9 Å². The van der Waals surface area contributed by atoms with Crippen LogP contribution in [0.5, 0.6) is 0 Å². The molecule has 3 aliphatic rings. The maximum Gasteiger partial charge on any atom is 0.244 e. The van der Waals surface area contributed by atoms with Crippen LogP contribution in [-0.4, -0.2) is 70.2 Å². The van der Waals surface area contributed by atoms with E-state index in [4.69, 9.17) is 11.6 Å². The lowest BCUT2D eigenvalue weighted by atomic mass is 9.62. The molecule has 2 N–H and O–H groups in total. The molecular weight excluding hydrogens is 517 g/mol. The van der Waals surface area contributed by atoms with E-state index in [-0.39, 0.29) is 28.5 Å². The smallest absolute Gasteiger partial charge is 0.244 e. The third-order valence-electron chi connectivity index (χ3n) is 7.91. The molecule has 2 aliphatic heterocycles. The summed E-state index contributed by atoms with van der Waals surface area (Å²) in [6.45, 7) is 1.66. The van der Waals surface area contributed by atoms with Crippen LogP contribution in [0.3, 0.4) is 0 Å². The van der Waals surface area contributed by atoms with Gasteiger partial charge in [-0.25, -0.2) is 17.8 Å². The molecule has 3 atom stereocenters. The molecule has 2 fully saturated rings. The van der Waals surface area contributed by atoms with Crippen molar-refractivity contribution in [3.8, 4) is 0 Å². The topological polar surface area (TPSA) is 102 Å². The van der Waals surface area contributed by atoms with Crippen LogP contribution < -0.4 is 0 Å². The minimum Gasteiger partial charge on any atom is -0.392 e. The normalized spacial score (nSPS) is 25.4. The summed E-state index contributed by atoms with van der Waals surface area (Å²) in [6.07, 6.45) is 6.44. The number of aliphatic hydroxyl groups is 1. The Kier molecular flexibility index (Phi) is 6.20. The van der Waals surface area contributed by atoms with E-state index in [0.717, 1.165) is 22.4 Å². The Morgan fingerprint density at radius 2 is 1.97 bits per heavy atom. The van der Waals surface area contributed by atoms with E-state index in [1.807, 2.05) is 0 Å². The summed E-state index contributed by atoms with van der Waals surface area (Å²) in [6, 6.07) is 9.12. The summed E-state index contributed by atoms with van der Waals surface area (Å²) in [4.78, 5) is 6.30. The number of hydrogen-bond donors (Lipinski definition) is 2. The van der Waals surface area contributed by atoms with Gasteiger partial charge in [0.05, 0.1) is 18.0 Å². The van der Waals surface area contributed by atoms with Crippen LogP contribution in [0.15, 0.2) is 59.3 Å². The number of H-pyrrole nitrogens is 1. The molecule has 3 aromatic rings. The molecule has 1 aliphatic carbocycles. The average Bonchev–Trinajstić information content (AvgIpc) is 3.52. The van der Waals surface area contributed by atoms with Crippen molar-refractivity contribution in [1.82, 2.24) is 24.4 Å². The number of aromatic amines is 1. The van der Waals surface area contributed by atoms with Crippen molar-refractivity contribution in [3.05, 3.63) is 82.2 Å². The first-order valence-electron chi connectivity index (χ1n) is 12.3. The summed E-state index contributed by atoms with van der Waals surface area (Å²) >= 11 is 5.91. The Morgan fingerprint density at radius 1 is 1.16 bits per heavy atom. The van der Waals surface area contributed by atoms with Crippen molar-refractivity contribution >= 4 is 27.7 Å². The Bertz CT molecular complexity index is 1440. The van der Waals surface area contributed by atoms with Crippen LogP contribution in [0.2, 0.25) is 5.15 Å². The fraction of sp³-hybridized carbons (Fsp3) is 0.385. The number of aliphatic hydroxyl groups excluding tert-OH is 1. The SMILES string of the molecule is O=S(=O)(c1ccc(Cl)nc1)N1CCC2=Cc3[nH]ncc3C[C@@]2(C(c2ccc(F)cc2)N2CC[C@H](O)C2)C1. The van der Waals surface area contributed by atoms with Crippen molar-refractivity contribution in [2.45, 2.75) is 36.3 Å². The molecule has 0 radical (unpaired) electrons. The highest BCUT2D eigenvalue weighted by Gasteiger charge is 2.53. The Hall–Kier alpha value is -2.63. The lowest BCUT2D eigenvalue weighted by Crippen LogP contribution is -2.55. The molecule has 0 saturated carbocycles. The number of rotatable bonds is 5. The monoisotopic (exact) mass is 543 g/mol. The van der Waals surface area contributed by atoms with Crippen LogP contribution >= 0.6 is 11.6 Å². The predicted molar refractivity (Wildman–Crippen MR) is 137 cm³/mol. The number of hydrogen-bond acceptors (Lipinski definition) is 6. The summed E-state index contributed by atoms with van der Waals surface area (Å²) in [5.74, 6) is -0.332. The molecule has 1 unspecified atom stereocenters. The first-order chi connectivity index (χ1) is 17.8. The van der Waals surface area contributed by atoms with Crippen LogP contribution in [-0.2, 0) is 16.4 Å². The van der Waals surface area contributed by atoms with E-state index in [2.05, 4.69) is 26.2 Å². The molecular formula is C26H27ClFN5O3S. The molecule has 0 spiro atoms. The van der Waals surface area contributed by atoms with Crippen LogP contribution in [0.1, 0.15) is 35.7 Å². The molecule has 194 valence electrons. The molecule has 6 rings (SSSR count). The van der Waals surface area contributed by atoms with Crippen LogP contribution in [0.4, 0.5) is 4.39 Å². The molecule has 0 amide bonds. The van der Waals surface area contributed by atoms with Crippen LogP contribution in [0.25, 0.3) is 6.08 Å². The van der Waals surface area contributed by atoms with Crippen molar-refractivity contribution in [2.75, 3.05) is 26.2 Å². The highest BCUT2D eigenvalue weighted by Crippen LogP contribution is 2.54. The maximum absolute atomic E-state index is 14.0. The number of nitrogens with one attached hydrogen (secondary N) is 1. The van der Waals surface area contributed by atoms with Gasteiger partial charge in [-0.05, 0) is 60.7 Å². The number of β-amino-alcohol motifs (C(OH)–C–C–N with tert-alkyl or cyclic N) is 1. The molecule has 0 bridgehead atoms. The van der Waals surface area contributed by atoms with Gasteiger partial charge in [0, 0.05) is 43.8 Å². The van der Waals surface area contributed by atoms with E-state index in [1.165, 1.54) is 34.8 Å². The Labute approximate surface area is 219 Å². The molecule has 11 heteroatoms. The quantitative estimate of drug-likeness (QED) is 0.478. The summed E-state index contributed by atoms with van der Waals surface area (Å²) in [5.41, 5.74) is 3.30. The number of aromatic nitrogens is 3. The largest absolute Gasteiger partial charge is 0.392 e. The lowest BCUT2D eigenvalue weighted by molar-refractivity contribution is 0.0600. The van der Waals surface area contributed by atoms with Crippen molar-refractivity contribution in [1.29, 1.82) is 0 Å². The third-order valence-corrected chi connectivity index (χ3v) is 9.96. The lowest BCUT2D eigenvalue weighted by Gasteiger charge is -2.53. The predicted octanol–water partition coefficient (Wildman–Crippen LogP) is 3.43. The number of nitrogens with zero attached hydrogens (tertiary/aromatic N) is 4. The second-order valence-corrected chi connectivity index (χ2v) is 12.4. The molecule has 4 heterocycles. The van der Waals surface area contributed by atoms with Gasteiger partial charge in [-0.1, -0.05) is 29.3 Å². The summed E-state index contributed by atoms with van der Waals surface area (Å²) in [7, 11) is -3.85. The van der Waals surface area contributed by atoms with Gasteiger partial charge in [-0.2, -0.15) is 9.40 Å². The molecule has 37 heavy (non-hydrogen) atoms. The first-order valence-corrected chi connectivity index (χ1v) is 14.1. The first kappa shape index (κ1) is 24.7. The number of sulfonamides is 1. The van der Waals surface area contributed by atoms with E-state index in [1.54, 1.807) is 18.3 Å². The Balaban J connectivity index is 1.49. The minimum atomic E-state index is -3.85. The highest BCUT2D eigenvalue weighted by atomic mass is 35.5. The second-order valence-electron chi connectivity index (χ2n) is 10.1. The Morgan fingerprint density at radius 3 is 2.68 bits per heavy atom. The number of likely N-dealkylation sites (tertiary alicyclic amines) is 1. The number of benzene rings is 1. The average molecular weight is 544 g/mol. The summed E-state index contributed by atoms with van der Waals surface area (Å²) < 4.78 is 43.1. The standard InChI is InChI=1S/C26H27ClFN5O3S/c27-24-6-5-22(14-29-24)37(35,36)33-10-7-19-11-23-18(13-30-31-23)12-26(19,16-33)25(32-9-8-21(34)15-32)17-1-3-20(28)4-2-17/h1-6,11,13-14,21,25,34H,7-10,12,15-16H2,(H,30,31)/t21-,25?,26+/m0/s1. The van der Waals surface area contributed by atoms with Gasteiger partial charge in [0.2, 0.25) is 10.0 Å². The van der Waals surface area contributed by atoms with E-state index >= 15 is 0 Å². The fourth-order valence-corrected chi connectivity index (χ4v) is 7.80. The van der Waals surface area contributed by atoms with Gasteiger partial charge in [-0.3, -0.25) is 10.00 Å². The van der Waals surface area contributed by atoms with Gasteiger partial charge < -0.3 is 5.11 Å². The zero-order valence-corrected chi connectivity index (χ0v) is 21.6. The number of halogens is 2. The van der Waals surface area contributed by atoms with E-state index < -0.39 is 21.5 Å². The third kappa shape index (κ3) is 4.30. The van der Waals surface area contributed by atoms with Crippen molar-refractivity contribution < 1.29 is 17.9 Å². The fourth-order valence-electron chi connectivity index (χ4n) is 6.23. The molecule has 1 aromatic carbocycles. The molecule has 8 nitrogen and oxygen atoms in total. The van der Waals surface area contributed by atoms with Gasteiger partial charge >= 0.3 is 0 Å². The zero-order chi connectivity index (χ0) is 25.8. The molecule has 2 saturated heterocycles. The van der Waals surface area contributed by atoms with Crippen molar-refractivity contribution in [3.63, 3.8) is 0 Å². The minimum absolute atomic E-state index is 0.0919. The maximum atomic E-state index is 14.0. The highest BCUT2D eigenvalue weighted by molar-refractivity contribution is 7.89. The van der Waals surface area contributed by atoms with Crippen molar-refractivity contribution in [2.24, 2.45) is 5.41 Å². The number of fused-ring (bicyclic) bond motifs is 2. The van der Waals surface area contributed by atoms with Gasteiger partial charge in [0.15, 0.2) is 0 Å². The van der Waals surface area contributed by atoms with Gasteiger partial charge in [0.25, 0.3) is 0 Å². The number of pyridine rings is 1. The number of piperidine rings is 1. The van der Waals surface area contributed by atoms with Gasteiger partial charge in [0.1, 0.15) is 15.9 Å². The van der Waals surface area contributed by atoms with Gasteiger partial charge in [-0.15, -0.1) is 0 Å². The second kappa shape index (κ2) is 9.28.